The van der Waals surface area contributed by atoms with Crippen LogP contribution >= 0.6 is 0 Å². The topological polar surface area (TPSA) is 0 Å². The molecule has 0 heteroatoms. The van der Waals surface area contributed by atoms with E-state index in [0.29, 0.717) is 0 Å². The van der Waals surface area contributed by atoms with Crippen molar-refractivity contribution in [2.75, 3.05) is 0 Å². The van der Waals surface area contributed by atoms with Crippen LogP contribution in [-0.4, -0.2) is 0 Å². The van der Waals surface area contributed by atoms with Crippen LogP contribution in [0.2, 0.25) is 0 Å². The lowest BCUT2D eigenvalue weighted by molar-refractivity contribution is 0.288. The van der Waals surface area contributed by atoms with Crippen molar-refractivity contribution < 1.29 is 0 Å². The Bertz CT molecular complexity index is 316. The van der Waals surface area contributed by atoms with Gasteiger partial charge in [0.2, 0.25) is 0 Å². The molecule has 172 valence electrons. The van der Waals surface area contributed by atoms with Crippen LogP contribution in [0.4, 0.5) is 0 Å². The molecular weight excluding hydrogens is 348 g/mol. The number of allylic oxidation sites excluding steroid dienone is 2. The average Bonchev–Trinajstić information content (AvgIpc) is 2.74. The SMILES string of the molecule is [CH2]CCCCCC/C=C/CCCCCC(CCCCCCCCC[CH2])C(C)CC. The monoisotopic (exact) mass is 404 g/mol. The van der Waals surface area contributed by atoms with Crippen LogP contribution in [0.1, 0.15) is 149 Å². The van der Waals surface area contributed by atoms with E-state index in [0.717, 1.165) is 24.7 Å². The second kappa shape index (κ2) is 24.0. The second-order valence-corrected chi connectivity index (χ2v) is 9.43. The maximum absolute atomic E-state index is 3.94. The van der Waals surface area contributed by atoms with E-state index in [1.165, 1.54) is 122 Å². The van der Waals surface area contributed by atoms with Gasteiger partial charge in [0.15, 0.2) is 0 Å². The summed E-state index contributed by atoms with van der Waals surface area (Å²) < 4.78 is 0. The molecule has 2 atom stereocenters. The maximum Gasteiger partial charge on any atom is -0.0351 e. The Morgan fingerprint density at radius 2 is 0.931 bits per heavy atom. The summed E-state index contributed by atoms with van der Waals surface area (Å²) in [5, 5.41) is 0. The minimum atomic E-state index is 0.912. The lowest BCUT2D eigenvalue weighted by atomic mass is 9.83. The molecule has 0 nitrogen and oxygen atoms in total. The Morgan fingerprint density at radius 3 is 1.38 bits per heavy atom. The molecule has 0 aliphatic heterocycles. The molecule has 0 fully saturated rings. The summed E-state index contributed by atoms with van der Waals surface area (Å²) in [4.78, 5) is 0. The molecular formula is C29H56. The van der Waals surface area contributed by atoms with Crippen LogP contribution < -0.4 is 0 Å². The molecule has 0 saturated carbocycles. The van der Waals surface area contributed by atoms with Gasteiger partial charge >= 0.3 is 0 Å². The summed E-state index contributed by atoms with van der Waals surface area (Å²) in [6.07, 6.45) is 33.6. The Morgan fingerprint density at radius 1 is 0.552 bits per heavy atom. The smallest absolute Gasteiger partial charge is 0.0351 e. The fraction of sp³-hybridized carbons (Fsp3) is 0.862. The highest BCUT2D eigenvalue weighted by Gasteiger charge is 2.14. The predicted molar refractivity (Wildman–Crippen MR) is 135 cm³/mol. The molecule has 0 aliphatic rings. The van der Waals surface area contributed by atoms with Gasteiger partial charge in [-0.25, -0.2) is 0 Å². The van der Waals surface area contributed by atoms with Crippen LogP contribution in [0.5, 0.6) is 0 Å². The fourth-order valence-corrected chi connectivity index (χ4v) is 4.39. The van der Waals surface area contributed by atoms with Crippen molar-refractivity contribution in [3.8, 4) is 0 Å². The van der Waals surface area contributed by atoms with Crippen molar-refractivity contribution >= 4 is 0 Å². The maximum atomic E-state index is 3.94. The van der Waals surface area contributed by atoms with Crippen molar-refractivity contribution in [1.29, 1.82) is 0 Å². The van der Waals surface area contributed by atoms with Gasteiger partial charge < -0.3 is 0 Å². The van der Waals surface area contributed by atoms with Gasteiger partial charge in [-0.15, -0.1) is 0 Å². The van der Waals surface area contributed by atoms with Crippen LogP contribution in [0.15, 0.2) is 12.2 Å². The molecule has 0 aromatic heterocycles. The van der Waals surface area contributed by atoms with Gasteiger partial charge in [0, 0.05) is 0 Å². The third-order valence-corrected chi connectivity index (χ3v) is 6.76. The van der Waals surface area contributed by atoms with E-state index in [4.69, 9.17) is 0 Å². The Kier molecular flexibility index (Phi) is 23.8. The van der Waals surface area contributed by atoms with Gasteiger partial charge in [-0.05, 0) is 37.5 Å². The number of hydrogen-bond donors (Lipinski definition) is 0. The molecule has 0 aromatic carbocycles. The van der Waals surface area contributed by atoms with E-state index in [-0.39, 0.29) is 0 Å². The van der Waals surface area contributed by atoms with E-state index in [2.05, 4.69) is 39.8 Å². The molecule has 29 heavy (non-hydrogen) atoms. The van der Waals surface area contributed by atoms with E-state index in [1.807, 2.05) is 0 Å². The van der Waals surface area contributed by atoms with E-state index in [1.54, 1.807) is 0 Å². The van der Waals surface area contributed by atoms with E-state index >= 15 is 0 Å². The predicted octanol–water partition coefficient (Wildman–Crippen LogP) is 10.7. The van der Waals surface area contributed by atoms with Crippen molar-refractivity contribution in [3.63, 3.8) is 0 Å². The second-order valence-electron chi connectivity index (χ2n) is 9.43. The Hall–Kier alpha value is -0.260. The molecule has 2 radical (unpaired) electrons. The highest BCUT2D eigenvalue weighted by Crippen LogP contribution is 2.27. The molecule has 2 unspecified atom stereocenters. The number of unbranched alkanes of at least 4 members (excludes halogenated alkanes) is 15. The first-order chi connectivity index (χ1) is 14.3. The van der Waals surface area contributed by atoms with Gasteiger partial charge in [0.1, 0.15) is 0 Å². The first-order valence-corrected chi connectivity index (χ1v) is 13.5. The van der Waals surface area contributed by atoms with E-state index < -0.39 is 0 Å². The zero-order valence-electron chi connectivity index (χ0n) is 20.6. The van der Waals surface area contributed by atoms with Gasteiger partial charge in [-0.3, -0.25) is 0 Å². The van der Waals surface area contributed by atoms with Crippen molar-refractivity contribution in [2.24, 2.45) is 11.8 Å². The molecule has 0 heterocycles. The van der Waals surface area contributed by atoms with Crippen molar-refractivity contribution in [1.82, 2.24) is 0 Å². The van der Waals surface area contributed by atoms with Gasteiger partial charge in [-0.2, -0.15) is 0 Å². The highest BCUT2D eigenvalue weighted by molar-refractivity contribution is 4.81. The molecule has 0 rings (SSSR count). The summed E-state index contributed by atoms with van der Waals surface area (Å²) in [6, 6.07) is 0. The van der Waals surface area contributed by atoms with Crippen LogP contribution in [0.25, 0.3) is 0 Å². The van der Waals surface area contributed by atoms with Crippen LogP contribution in [0, 0.1) is 25.7 Å². The minimum Gasteiger partial charge on any atom is -0.0885 e. The molecule has 0 aromatic rings. The lowest BCUT2D eigenvalue weighted by Gasteiger charge is -2.23. The third-order valence-electron chi connectivity index (χ3n) is 6.76. The molecule has 0 saturated heterocycles. The van der Waals surface area contributed by atoms with Crippen molar-refractivity contribution in [2.45, 2.75) is 149 Å². The largest absolute Gasteiger partial charge is 0.0885 e. The molecule has 0 spiro atoms. The number of rotatable bonds is 23. The number of hydrogen-bond acceptors (Lipinski definition) is 0. The third kappa shape index (κ3) is 20.8. The zero-order valence-corrected chi connectivity index (χ0v) is 20.6. The highest BCUT2D eigenvalue weighted by atomic mass is 14.2. The summed E-state index contributed by atoms with van der Waals surface area (Å²) in [5.74, 6) is 1.88. The van der Waals surface area contributed by atoms with E-state index in [9.17, 15) is 0 Å². The standard InChI is InChI=1S/C29H56/c1-5-8-10-12-14-16-17-18-19-21-23-25-27-29(28(4)7-3)26-24-22-20-15-13-11-9-6-2/h17-18,28-29H,1-2,5-16,19-27H2,3-4H3/b18-17+. The van der Waals surface area contributed by atoms with Crippen molar-refractivity contribution in [3.05, 3.63) is 26.0 Å². The summed E-state index contributed by atoms with van der Waals surface area (Å²) in [6.45, 7) is 12.7. The minimum absolute atomic E-state index is 0.912. The Balaban J connectivity index is 3.64. The van der Waals surface area contributed by atoms with Gasteiger partial charge in [-0.1, -0.05) is 149 Å². The Labute approximate surface area is 186 Å². The van der Waals surface area contributed by atoms with Crippen LogP contribution in [-0.2, 0) is 0 Å². The first kappa shape index (κ1) is 28.7. The molecule has 0 amide bonds. The average molecular weight is 405 g/mol. The summed E-state index contributed by atoms with van der Waals surface area (Å²) in [7, 11) is 0. The normalized spacial score (nSPS) is 13.9. The van der Waals surface area contributed by atoms with Crippen LogP contribution in [0.3, 0.4) is 0 Å². The first-order valence-electron chi connectivity index (χ1n) is 13.5. The molecule has 0 bridgehead atoms. The fourth-order valence-electron chi connectivity index (χ4n) is 4.39. The summed E-state index contributed by atoms with van der Waals surface area (Å²) in [5.41, 5.74) is 0. The molecule has 0 N–H and O–H groups in total. The van der Waals surface area contributed by atoms with Gasteiger partial charge in [0.05, 0.1) is 0 Å². The molecule has 0 aliphatic carbocycles. The summed E-state index contributed by atoms with van der Waals surface area (Å²) >= 11 is 0. The lowest BCUT2D eigenvalue weighted by Crippen LogP contribution is -2.11. The quantitative estimate of drug-likeness (QED) is 0.117. The van der Waals surface area contributed by atoms with Gasteiger partial charge in [0.25, 0.3) is 0 Å². The zero-order chi connectivity index (χ0) is 21.4.